The van der Waals surface area contributed by atoms with Crippen molar-refractivity contribution >= 4 is 21.6 Å². The number of hydrogen-bond donors (Lipinski definition) is 1. The zero-order chi connectivity index (χ0) is 27.2. The van der Waals surface area contributed by atoms with Crippen LogP contribution in [0.2, 0.25) is 0 Å². The summed E-state index contributed by atoms with van der Waals surface area (Å²) in [5.41, 5.74) is -0.125. The van der Waals surface area contributed by atoms with Crippen molar-refractivity contribution in [2.45, 2.75) is 29.4 Å². The first-order valence-corrected chi connectivity index (χ1v) is 14.1. The Kier molecular flexibility index (Phi) is 8.48. The molecule has 0 saturated heterocycles. The zero-order valence-corrected chi connectivity index (χ0v) is 22.3. The van der Waals surface area contributed by atoms with Crippen LogP contribution in [0.4, 0.5) is 0 Å². The van der Waals surface area contributed by atoms with Crippen molar-refractivity contribution in [1.82, 2.24) is 4.90 Å². The smallest absolute Gasteiger partial charge is 0.254 e. The molecule has 0 spiro atoms. The maximum absolute atomic E-state index is 13.8. The van der Waals surface area contributed by atoms with Gasteiger partial charge in [-0.25, -0.2) is 13.4 Å². The number of carbonyl (C=O) groups is 1. The van der Waals surface area contributed by atoms with Crippen LogP contribution in [0.5, 0.6) is 5.75 Å². The summed E-state index contributed by atoms with van der Waals surface area (Å²) >= 11 is 0. The summed E-state index contributed by atoms with van der Waals surface area (Å²) in [5, 5.41) is 8.96. The lowest BCUT2D eigenvalue weighted by atomic mass is 9.84. The highest BCUT2D eigenvalue weighted by molar-refractivity contribution is 7.91. The fourth-order valence-corrected chi connectivity index (χ4v) is 5.79. The molecular formula is C29H32N2O6S. The van der Waals surface area contributed by atoms with E-state index in [1.165, 1.54) is 4.90 Å². The molecule has 0 aromatic heterocycles. The minimum absolute atomic E-state index is 0.0472. The minimum atomic E-state index is -3.68. The molecule has 1 aliphatic heterocycles. The van der Waals surface area contributed by atoms with Crippen LogP contribution in [0.3, 0.4) is 0 Å². The second kappa shape index (κ2) is 11.8. The number of ether oxygens (including phenoxy) is 2. The Balaban J connectivity index is 1.73. The van der Waals surface area contributed by atoms with Gasteiger partial charge in [-0.15, -0.1) is 0 Å². The van der Waals surface area contributed by atoms with Crippen molar-refractivity contribution in [2.24, 2.45) is 4.99 Å². The monoisotopic (exact) mass is 536 g/mol. The second-order valence-electron chi connectivity index (χ2n) is 9.28. The van der Waals surface area contributed by atoms with E-state index in [0.717, 1.165) is 5.56 Å². The molecule has 1 aliphatic rings. The Labute approximate surface area is 223 Å². The number of aliphatic hydroxyl groups is 1. The summed E-state index contributed by atoms with van der Waals surface area (Å²) in [5.74, 6) is 0.268. The van der Waals surface area contributed by atoms with Crippen LogP contribution in [0.15, 0.2) is 94.8 Å². The molecule has 4 rings (SSSR count). The van der Waals surface area contributed by atoms with Crippen molar-refractivity contribution < 1.29 is 27.8 Å². The van der Waals surface area contributed by atoms with Crippen molar-refractivity contribution in [1.29, 1.82) is 0 Å². The van der Waals surface area contributed by atoms with E-state index in [2.05, 4.69) is 0 Å². The van der Waals surface area contributed by atoms with Gasteiger partial charge in [0.1, 0.15) is 5.75 Å². The lowest BCUT2D eigenvalue weighted by Gasteiger charge is -2.32. The Hall–Kier alpha value is -3.69. The van der Waals surface area contributed by atoms with Gasteiger partial charge in [-0.1, -0.05) is 48.5 Å². The summed E-state index contributed by atoms with van der Waals surface area (Å²) in [7, 11) is -0.422. The molecule has 8 nitrogen and oxygen atoms in total. The fourth-order valence-electron chi connectivity index (χ4n) is 4.40. The van der Waals surface area contributed by atoms with Crippen LogP contribution < -0.4 is 4.74 Å². The number of sulfone groups is 1. The van der Waals surface area contributed by atoms with Gasteiger partial charge in [0.25, 0.3) is 5.91 Å². The second-order valence-corrected chi connectivity index (χ2v) is 11.4. The number of aliphatic hydroxyl groups excluding tert-OH is 1. The van der Waals surface area contributed by atoms with Gasteiger partial charge < -0.3 is 19.5 Å². The predicted octanol–water partition coefficient (Wildman–Crippen LogP) is 3.66. The third-order valence-electron chi connectivity index (χ3n) is 6.37. The van der Waals surface area contributed by atoms with E-state index in [1.54, 1.807) is 68.7 Å². The molecule has 0 bridgehead atoms. The molecule has 2 atom stereocenters. The van der Waals surface area contributed by atoms with Gasteiger partial charge in [0.05, 0.1) is 17.3 Å². The average Bonchev–Trinajstić information content (AvgIpc) is 3.34. The number of benzene rings is 3. The van der Waals surface area contributed by atoms with E-state index in [0.29, 0.717) is 24.3 Å². The quantitative estimate of drug-likeness (QED) is 0.375. The maximum Gasteiger partial charge on any atom is 0.254 e. The number of aliphatic imine (C=N–C) groups is 1. The maximum atomic E-state index is 13.8. The predicted molar refractivity (Wildman–Crippen MR) is 145 cm³/mol. The van der Waals surface area contributed by atoms with Gasteiger partial charge in [-0.3, -0.25) is 4.79 Å². The van der Waals surface area contributed by atoms with E-state index in [-0.39, 0.29) is 35.5 Å². The first kappa shape index (κ1) is 27.3. The highest BCUT2D eigenvalue weighted by Gasteiger charge is 2.54. The third-order valence-corrected chi connectivity index (χ3v) is 8.10. The Morgan fingerprint density at radius 2 is 1.63 bits per heavy atom. The van der Waals surface area contributed by atoms with Crippen molar-refractivity contribution in [3.05, 3.63) is 96.1 Å². The molecular weight excluding hydrogens is 504 g/mol. The van der Waals surface area contributed by atoms with Crippen LogP contribution in [0, 0.1) is 0 Å². The minimum Gasteiger partial charge on any atom is -0.494 e. The molecule has 0 radical (unpaired) electrons. The number of likely N-dealkylation sites (N-methyl/N-ethyl adjacent to an activating group) is 1. The molecule has 0 aliphatic carbocycles. The average molecular weight is 537 g/mol. The van der Waals surface area contributed by atoms with Crippen LogP contribution >= 0.6 is 0 Å². The summed E-state index contributed by atoms with van der Waals surface area (Å²) in [6.45, 7) is 0.436. The highest BCUT2D eigenvalue weighted by atomic mass is 32.2. The number of carbonyl (C=O) groups excluding carboxylic acids is 1. The topological polar surface area (TPSA) is 106 Å². The van der Waals surface area contributed by atoms with Crippen LogP contribution in [0.25, 0.3) is 0 Å². The molecule has 38 heavy (non-hydrogen) atoms. The first-order valence-electron chi connectivity index (χ1n) is 12.4. The normalized spacial score (nSPS) is 18.9. The SMILES string of the molecule is CN(C)C(=O)[C@@]1(CCS(=O)(=O)c2ccccc2)N=C(c2ccc(OCCCO)cc2)O[C@H]1c1ccccc1. The molecule has 200 valence electrons. The van der Waals surface area contributed by atoms with Gasteiger partial charge >= 0.3 is 0 Å². The van der Waals surface area contributed by atoms with E-state index < -0.39 is 21.5 Å². The third kappa shape index (κ3) is 5.89. The molecule has 0 unspecified atom stereocenters. The number of rotatable bonds is 11. The van der Waals surface area contributed by atoms with Crippen molar-refractivity contribution in [3.63, 3.8) is 0 Å². The summed E-state index contributed by atoms with van der Waals surface area (Å²) < 4.78 is 38.4. The lowest BCUT2D eigenvalue weighted by Crippen LogP contribution is -2.48. The summed E-state index contributed by atoms with van der Waals surface area (Å²) in [4.78, 5) is 20.2. The van der Waals surface area contributed by atoms with Crippen molar-refractivity contribution in [2.75, 3.05) is 33.1 Å². The highest BCUT2D eigenvalue weighted by Crippen LogP contribution is 2.43. The number of hydrogen-bond acceptors (Lipinski definition) is 7. The molecule has 3 aromatic carbocycles. The molecule has 0 saturated carbocycles. The van der Waals surface area contributed by atoms with Gasteiger partial charge in [0.2, 0.25) is 5.90 Å². The summed E-state index contributed by atoms with van der Waals surface area (Å²) in [6.07, 6.45) is -0.357. The molecule has 0 fully saturated rings. The van der Waals surface area contributed by atoms with Crippen LogP contribution in [-0.2, 0) is 19.4 Å². The Morgan fingerprint density at radius 3 is 2.24 bits per heavy atom. The number of nitrogens with zero attached hydrogens (tertiary/aromatic N) is 2. The molecule has 1 heterocycles. The Morgan fingerprint density at radius 1 is 1.00 bits per heavy atom. The van der Waals surface area contributed by atoms with Gasteiger partial charge in [-0.2, -0.15) is 0 Å². The zero-order valence-electron chi connectivity index (χ0n) is 21.5. The van der Waals surface area contributed by atoms with Gasteiger partial charge in [0.15, 0.2) is 21.5 Å². The van der Waals surface area contributed by atoms with Crippen LogP contribution in [-0.4, -0.2) is 68.8 Å². The van der Waals surface area contributed by atoms with Gasteiger partial charge in [-0.05, 0) is 42.0 Å². The van der Waals surface area contributed by atoms with Gasteiger partial charge in [0, 0.05) is 39.1 Å². The van der Waals surface area contributed by atoms with E-state index in [1.807, 2.05) is 30.3 Å². The standard InChI is InChI=1S/C29H32N2O6S/c1-31(2)28(33)29(18-21-38(34,35)25-12-7-4-8-13-25)26(22-10-5-3-6-11-22)37-27(30-29)23-14-16-24(17-15-23)36-20-9-19-32/h3-8,10-17,26,32H,9,18-21H2,1-2H3/t26-,29-/m0/s1. The molecule has 9 heteroatoms. The summed E-state index contributed by atoms with van der Waals surface area (Å²) in [6, 6.07) is 24.6. The molecule has 1 amide bonds. The van der Waals surface area contributed by atoms with Crippen LogP contribution in [0.1, 0.15) is 30.1 Å². The van der Waals surface area contributed by atoms with Crippen molar-refractivity contribution in [3.8, 4) is 5.75 Å². The van der Waals surface area contributed by atoms with E-state index >= 15 is 0 Å². The van der Waals surface area contributed by atoms with E-state index in [9.17, 15) is 13.2 Å². The first-order chi connectivity index (χ1) is 18.3. The number of amides is 1. The Bertz CT molecular complexity index is 1360. The molecule has 1 N–H and O–H groups in total. The fraction of sp³-hybridized carbons (Fsp3) is 0.310. The molecule has 3 aromatic rings. The van der Waals surface area contributed by atoms with E-state index in [4.69, 9.17) is 19.6 Å². The lowest BCUT2D eigenvalue weighted by molar-refractivity contribution is -0.137. The largest absolute Gasteiger partial charge is 0.494 e.